The van der Waals surface area contributed by atoms with Crippen LogP contribution in [-0.4, -0.2) is 6.09 Å². The first-order valence-electron chi connectivity index (χ1n) is 9.02. The molecule has 4 aromatic rings. The van der Waals surface area contributed by atoms with E-state index in [1.165, 1.54) is 0 Å². The van der Waals surface area contributed by atoms with Gasteiger partial charge in [-0.3, -0.25) is 5.32 Å². The monoisotopic (exact) mass is 469 g/mol. The van der Waals surface area contributed by atoms with Gasteiger partial charge in [-0.15, -0.1) is 0 Å². The van der Waals surface area contributed by atoms with Crippen LogP contribution in [-0.2, 0) is 4.74 Å². The van der Waals surface area contributed by atoms with E-state index in [0.29, 0.717) is 22.1 Å². The van der Waals surface area contributed by atoms with Crippen molar-refractivity contribution in [2.75, 3.05) is 5.32 Å². The van der Waals surface area contributed by atoms with Crippen LogP contribution in [0.5, 0.6) is 0 Å². The van der Waals surface area contributed by atoms with Crippen molar-refractivity contribution in [3.05, 3.63) is 87.9 Å². The van der Waals surface area contributed by atoms with Crippen molar-refractivity contribution in [3.63, 3.8) is 0 Å². The van der Waals surface area contributed by atoms with Crippen LogP contribution in [0.1, 0.15) is 18.6 Å². The lowest BCUT2D eigenvalue weighted by atomic mass is 10.1. The summed E-state index contributed by atoms with van der Waals surface area (Å²) in [5, 5.41) is 4.21. The van der Waals surface area contributed by atoms with Crippen LogP contribution >= 0.6 is 27.5 Å². The number of anilines is 1. The molecule has 1 heterocycles. The maximum Gasteiger partial charge on any atom is 0.412 e. The molecule has 0 saturated heterocycles. The maximum absolute atomic E-state index is 12.7. The number of furan rings is 1. The molecule has 0 radical (unpaired) electrons. The molecule has 0 saturated carbocycles. The largest absolute Gasteiger partial charge is 0.454 e. The molecule has 0 aliphatic carbocycles. The third-order valence-electron chi connectivity index (χ3n) is 4.56. The summed E-state index contributed by atoms with van der Waals surface area (Å²) in [6.45, 7) is 1.78. The molecule has 4 nitrogen and oxygen atoms in total. The Labute approximate surface area is 181 Å². The predicted octanol–water partition coefficient (Wildman–Crippen LogP) is 7.83. The van der Waals surface area contributed by atoms with Crippen molar-refractivity contribution < 1.29 is 13.9 Å². The van der Waals surface area contributed by atoms with Gasteiger partial charge in [-0.05, 0) is 37.3 Å². The number of nitrogens with one attached hydrogen (secondary N) is 1. The summed E-state index contributed by atoms with van der Waals surface area (Å²) >= 11 is 9.65. The van der Waals surface area contributed by atoms with Crippen molar-refractivity contribution in [1.82, 2.24) is 0 Å². The second-order valence-corrected chi connectivity index (χ2v) is 7.83. The molecule has 1 N–H and O–H groups in total. The van der Waals surface area contributed by atoms with Gasteiger partial charge >= 0.3 is 6.09 Å². The first-order chi connectivity index (χ1) is 14.0. The minimum absolute atomic E-state index is 0.502. The van der Waals surface area contributed by atoms with Crippen molar-refractivity contribution in [2.45, 2.75) is 13.0 Å². The average molecular weight is 471 g/mol. The smallest absolute Gasteiger partial charge is 0.412 e. The number of benzene rings is 3. The SMILES string of the molecule is C[C@@H](OC(=O)Nc1c(-c2ccc(Br)cc2)oc2ccccc12)c1ccccc1Cl. The summed E-state index contributed by atoms with van der Waals surface area (Å²) in [6, 6.07) is 22.5. The molecule has 0 aliphatic rings. The lowest BCUT2D eigenvalue weighted by Crippen LogP contribution is -2.16. The zero-order chi connectivity index (χ0) is 20.4. The maximum atomic E-state index is 12.7. The molecule has 0 aliphatic heterocycles. The molecule has 1 amide bonds. The third kappa shape index (κ3) is 4.16. The zero-order valence-corrected chi connectivity index (χ0v) is 17.8. The molecule has 1 atom stereocenters. The average Bonchev–Trinajstić information content (AvgIpc) is 3.07. The molecule has 1 aromatic heterocycles. The van der Waals surface area contributed by atoms with Gasteiger partial charge < -0.3 is 9.15 Å². The Morgan fingerprint density at radius 2 is 1.72 bits per heavy atom. The van der Waals surface area contributed by atoms with Gasteiger partial charge in [-0.1, -0.05) is 70.0 Å². The highest BCUT2D eigenvalue weighted by atomic mass is 79.9. The van der Waals surface area contributed by atoms with E-state index < -0.39 is 12.2 Å². The molecule has 3 aromatic carbocycles. The van der Waals surface area contributed by atoms with E-state index in [9.17, 15) is 4.79 Å². The van der Waals surface area contributed by atoms with E-state index in [4.69, 9.17) is 20.8 Å². The Morgan fingerprint density at radius 1 is 1.03 bits per heavy atom. The fourth-order valence-electron chi connectivity index (χ4n) is 3.13. The van der Waals surface area contributed by atoms with Gasteiger partial charge in [0, 0.05) is 26.0 Å². The van der Waals surface area contributed by atoms with Gasteiger partial charge in [0.1, 0.15) is 11.7 Å². The molecule has 29 heavy (non-hydrogen) atoms. The van der Waals surface area contributed by atoms with Crippen molar-refractivity contribution in [3.8, 4) is 11.3 Å². The Hall–Kier alpha value is -2.76. The van der Waals surface area contributed by atoms with Gasteiger partial charge in [0.2, 0.25) is 0 Å². The number of hydrogen-bond donors (Lipinski definition) is 1. The van der Waals surface area contributed by atoms with E-state index in [1.807, 2.05) is 66.7 Å². The summed E-state index contributed by atoms with van der Waals surface area (Å²) in [7, 11) is 0. The highest BCUT2D eigenvalue weighted by Gasteiger charge is 2.20. The lowest BCUT2D eigenvalue weighted by molar-refractivity contribution is 0.121. The van der Waals surface area contributed by atoms with Crippen LogP contribution in [0.4, 0.5) is 10.5 Å². The molecule has 0 fully saturated rings. The second kappa shape index (κ2) is 8.31. The number of amides is 1. The fraction of sp³-hybridized carbons (Fsp3) is 0.0870. The Kier molecular flexibility index (Phi) is 5.60. The van der Waals surface area contributed by atoms with Crippen LogP contribution in [0.25, 0.3) is 22.3 Å². The summed E-state index contributed by atoms with van der Waals surface area (Å²) in [6.07, 6.45) is -1.08. The highest BCUT2D eigenvalue weighted by molar-refractivity contribution is 9.10. The van der Waals surface area contributed by atoms with Gasteiger partial charge in [-0.2, -0.15) is 0 Å². The highest BCUT2D eigenvalue weighted by Crippen LogP contribution is 2.38. The number of carbonyl (C=O) groups is 1. The van der Waals surface area contributed by atoms with Crippen LogP contribution in [0.3, 0.4) is 0 Å². The minimum Gasteiger partial charge on any atom is -0.454 e. The van der Waals surface area contributed by atoms with Crippen LogP contribution < -0.4 is 5.32 Å². The molecule has 146 valence electrons. The van der Waals surface area contributed by atoms with E-state index in [0.717, 1.165) is 21.0 Å². The predicted molar refractivity (Wildman–Crippen MR) is 119 cm³/mol. The number of ether oxygens (including phenoxy) is 1. The van der Waals surface area contributed by atoms with Gasteiger partial charge in [0.15, 0.2) is 5.76 Å². The van der Waals surface area contributed by atoms with Crippen molar-refractivity contribution in [2.24, 2.45) is 0 Å². The molecular weight excluding hydrogens is 454 g/mol. The van der Waals surface area contributed by atoms with Crippen molar-refractivity contribution in [1.29, 1.82) is 0 Å². The summed E-state index contributed by atoms with van der Waals surface area (Å²) in [4.78, 5) is 12.7. The standard InChI is InChI=1S/C23H17BrClNO3/c1-14(17-6-2-4-8-19(17)25)28-23(27)26-21-18-7-3-5-9-20(18)29-22(21)15-10-12-16(24)13-11-15/h2-14H,1H3,(H,26,27)/t14-/m1/s1. The van der Waals surface area contributed by atoms with E-state index in [2.05, 4.69) is 21.2 Å². The molecular formula is C23H17BrClNO3. The molecule has 6 heteroatoms. The normalized spacial score (nSPS) is 12.0. The summed E-state index contributed by atoms with van der Waals surface area (Å²) in [5.74, 6) is 0.570. The second-order valence-electron chi connectivity index (χ2n) is 6.50. The van der Waals surface area contributed by atoms with Gasteiger partial charge in [-0.25, -0.2) is 4.79 Å². The Morgan fingerprint density at radius 3 is 2.48 bits per heavy atom. The zero-order valence-electron chi connectivity index (χ0n) is 15.5. The first kappa shape index (κ1) is 19.6. The molecule has 0 unspecified atom stereocenters. The van der Waals surface area contributed by atoms with Crippen LogP contribution in [0.2, 0.25) is 5.02 Å². The number of halogens is 2. The Bertz CT molecular complexity index is 1170. The number of para-hydroxylation sites is 1. The first-order valence-corrected chi connectivity index (χ1v) is 10.2. The molecule has 0 bridgehead atoms. The van der Waals surface area contributed by atoms with E-state index >= 15 is 0 Å². The minimum atomic E-state index is -0.581. The van der Waals surface area contributed by atoms with Gasteiger partial charge in [0.05, 0.1) is 5.69 Å². The van der Waals surface area contributed by atoms with Crippen molar-refractivity contribution >= 4 is 50.3 Å². The summed E-state index contributed by atoms with van der Waals surface area (Å²) < 4.78 is 12.6. The number of hydrogen-bond acceptors (Lipinski definition) is 3. The Balaban J connectivity index is 1.64. The topological polar surface area (TPSA) is 51.5 Å². The van der Waals surface area contributed by atoms with Crippen LogP contribution in [0.15, 0.2) is 81.7 Å². The van der Waals surface area contributed by atoms with Crippen LogP contribution in [0, 0.1) is 0 Å². The fourth-order valence-corrected chi connectivity index (χ4v) is 3.69. The lowest BCUT2D eigenvalue weighted by Gasteiger charge is -2.15. The molecule has 4 rings (SSSR count). The quantitative estimate of drug-likeness (QED) is 0.331. The van der Waals surface area contributed by atoms with E-state index in [-0.39, 0.29) is 0 Å². The number of rotatable bonds is 4. The van der Waals surface area contributed by atoms with Gasteiger partial charge in [0.25, 0.3) is 0 Å². The molecule has 0 spiro atoms. The number of carbonyl (C=O) groups excluding carboxylic acids is 1. The summed E-state index contributed by atoms with van der Waals surface area (Å²) in [5.41, 5.74) is 2.84. The third-order valence-corrected chi connectivity index (χ3v) is 5.43. The van der Waals surface area contributed by atoms with E-state index in [1.54, 1.807) is 13.0 Å². The number of fused-ring (bicyclic) bond motifs is 1.